The van der Waals surface area contributed by atoms with Crippen molar-refractivity contribution in [2.45, 2.75) is 58.3 Å². The summed E-state index contributed by atoms with van der Waals surface area (Å²) in [5.41, 5.74) is -0.0868. The van der Waals surface area contributed by atoms with Gasteiger partial charge < -0.3 is 14.2 Å². The first-order chi connectivity index (χ1) is 14.3. The second kappa shape index (κ2) is 6.34. The van der Waals surface area contributed by atoms with Crippen LogP contribution in [-0.2, 0) is 25.5 Å². The third kappa shape index (κ3) is 2.35. The molecular formula is C21H22FN3O5. The summed E-state index contributed by atoms with van der Waals surface area (Å²) in [7, 11) is 0. The van der Waals surface area contributed by atoms with E-state index in [0.29, 0.717) is 35.3 Å². The van der Waals surface area contributed by atoms with Crippen LogP contribution in [0, 0.1) is 18.2 Å². The third-order valence-corrected chi connectivity index (χ3v) is 6.72. The monoisotopic (exact) mass is 415 g/mol. The van der Waals surface area contributed by atoms with E-state index in [0.717, 1.165) is 0 Å². The number of nitrogens with one attached hydrogen (secondary N) is 1. The van der Waals surface area contributed by atoms with E-state index in [-0.39, 0.29) is 24.5 Å². The maximum Gasteiger partial charge on any atom is 0.242 e. The van der Waals surface area contributed by atoms with Crippen molar-refractivity contribution in [1.82, 2.24) is 10.5 Å². The van der Waals surface area contributed by atoms with Gasteiger partial charge in [0.2, 0.25) is 17.4 Å². The number of nitrogens with zero attached hydrogens (tertiary/aromatic N) is 2. The quantitative estimate of drug-likeness (QED) is 0.560. The van der Waals surface area contributed by atoms with E-state index in [2.05, 4.69) is 10.5 Å². The Morgan fingerprint density at radius 1 is 1.37 bits per heavy atom. The number of hydrogen-bond acceptors (Lipinski definition) is 7. The maximum atomic E-state index is 15.6. The largest absolute Gasteiger partial charge is 0.371 e. The van der Waals surface area contributed by atoms with Gasteiger partial charge in [0.1, 0.15) is 5.41 Å². The van der Waals surface area contributed by atoms with Gasteiger partial charge in [-0.05, 0) is 38.3 Å². The van der Waals surface area contributed by atoms with Gasteiger partial charge in [0.25, 0.3) is 0 Å². The van der Waals surface area contributed by atoms with E-state index >= 15 is 4.39 Å². The van der Waals surface area contributed by atoms with E-state index in [4.69, 9.17) is 9.26 Å². The van der Waals surface area contributed by atoms with Crippen LogP contribution < -0.4 is 10.2 Å². The summed E-state index contributed by atoms with van der Waals surface area (Å²) in [6, 6.07) is 1.01. The lowest BCUT2D eigenvalue weighted by Gasteiger charge is -2.55. The molecule has 0 aliphatic carbocycles. The minimum absolute atomic E-state index is 0.0105. The van der Waals surface area contributed by atoms with Crippen molar-refractivity contribution >= 4 is 34.3 Å². The normalized spacial score (nSPS) is 31.1. The number of hydrogen-bond donors (Lipinski definition) is 1. The fraction of sp³-hybridized carbons (Fsp3) is 0.524. The van der Waals surface area contributed by atoms with Gasteiger partial charge in [0, 0.05) is 11.9 Å². The van der Waals surface area contributed by atoms with E-state index in [1.807, 2.05) is 6.92 Å². The molecule has 1 unspecified atom stereocenters. The number of benzene rings is 1. The van der Waals surface area contributed by atoms with Crippen molar-refractivity contribution < 1.29 is 28.0 Å². The molecule has 3 aliphatic rings. The topological polar surface area (TPSA) is 102 Å². The summed E-state index contributed by atoms with van der Waals surface area (Å²) >= 11 is 0. The molecule has 0 bridgehead atoms. The van der Waals surface area contributed by atoms with Gasteiger partial charge in [0.05, 0.1) is 36.1 Å². The van der Waals surface area contributed by atoms with Crippen molar-refractivity contribution in [2.24, 2.45) is 5.41 Å². The molecule has 0 saturated carbocycles. The molecule has 8 nitrogen and oxygen atoms in total. The van der Waals surface area contributed by atoms with Gasteiger partial charge in [-0.2, -0.15) is 0 Å². The zero-order chi connectivity index (χ0) is 21.4. The number of Topliss-reactive ketones (excluding diaryl/α,β-unsaturated/α-hetero) is 1. The van der Waals surface area contributed by atoms with E-state index in [9.17, 15) is 14.4 Å². The molecule has 5 rings (SSSR count). The highest BCUT2D eigenvalue weighted by atomic mass is 19.1. The molecular weight excluding hydrogens is 393 g/mol. The number of aromatic nitrogens is 1. The summed E-state index contributed by atoms with van der Waals surface area (Å²) in [6.07, 6.45) is -0.407. The number of halogens is 1. The highest BCUT2D eigenvalue weighted by Crippen LogP contribution is 2.50. The molecule has 2 aromatic rings. The summed E-state index contributed by atoms with van der Waals surface area (Å²) < 4.78 is 27.0. The number of ketones is 1. The Morgan fingerprint density at radius 2 is 2.13 bits per heavy atom. The third-order valence-electron chi connectivity index (χ3n) is 6.72. The van der Waals surface area contributed by atoms with Crippen LogP contribution in [0.4, 0.5) is 10.1 Å². The van der Waals surface area contributed by atoms with Crippen molar-refractivity contribution in [3.8, 4) is 0 Å². The van der Waals surface area contributed by atoms with Crippen molar-refractivity contribution in [3.63, 3.8) is 0 Å². The number of anilines is 1. The summed E-state index contributed by atoms with van der Waals surface area (Å²) in [5.74, 6) is -2.26. The van der Waals surface area contributed by atoms with Crippen LogP contribution in [0.25, 0.3) is 11.0 Å². The zero-order valence-electron chi connectivity index (χ0n) is 17.0. The van der Waals surface area contributed by atoms with Gasteiger partial charge in [-0.3, -0.25) is 19.7 Å². The highest BCUT2D eigenvalue weighted by molar-refractivity contribution is 6.22. The lowest BCUT2D eigenvalue weighted by Crippen LogP contribution is -2.72. The van der Waals surface area contributed by atoms with Crippen LogP contribution >= 0.6 is 0 Å². The standard InChI is InChI=1S/C21H22FN3O5/c1-4-12-8-25-17-11(5-13-9(2)24-30-18(13)16(17)22)7-21(19(25)10(3)29-12)14(26)6-15(27)23-20(21)28/h5,10,12,19H,4,6-8H2,1-3H3,(H,23,27,28)/t10-,12+,19+,21?/m0/s1. The van der Waals surface area contributed by atoms with Crippen molar-refractivity contribution in [2.75, 3.05) is 11.4 Å². The molecule has 2 amide bonds. The van der Waals surface area contributed by atoms with Crippen LogP contribution in [0.2, 0.25) is 0 Å². The fourth-order valence-corrected chi connectivity index (χ4v) is 5.37. The Bertz CT molecular complexity index is 1090. The van der Waals surface area contributed by atoms with Crippen LogP contribution in [-0.4, -0.2) is 47.5 Å². The van der Waals surface area contributed by atoms with E-state index in [1.165, 1.54) is 0 Å². The molecule has 1 aromatic heterocycles. The fourth-order valence-electron chi connectivity index (χ4n) is 5.37. The minimum atomic E-state index is -1.52. The molecule has 1 aromatic carbocycles. The molecule has 1 spiro atoms. The molecule has 2 fully saturated rings. The lowest BCUT2D eigenvalue weighted by atomic mass is 9.63. The lowest BCUT2D eigenvalue weighted by molar-refractivity contribution is -0.158. The van der Waals surface area contributed by atoms with E-state index < -0.39 is 41.0 Å². The number of ether oxygens (including phenoxy) is 1. The number of piperidine rings is 1. The average Bonchev–Trinajstić information content (AvgIpc) is 3.06. The van der Waals surface area contributed by atoms with E-state index in [1.54, 1.807) is 24.8 Å². The number of fused-ring (bicyclic) bond motifs is 5. The van der Waals surface area contributed by atoms with Crippen molar-refractivity contribution in [1.29, 1.82) is 0 Å². The Morgan fingerprint density at radius 3 is 2.83 bits per heavy atom. The Labute approximate surface area is 171 Å². The number of morpholine rings is 1. The molecule has 3 aliphatic heterocycles. The summed E-state index contributed by atoms with van der Waals surface area (Å²) in [6.45, 7) is 5.79. The molecule has 4 heterocycles. The minimum Gasteiger partial charge on any atom is -0.371 e. The number of carbonyl (C=O) groups excluding carboxylic acids is 3. The molecule has 1 N–H and O–H groups in total. The number of imide groups is 1. The van der Waals surface area contributed by atoms with Crippen LogP contribution in [0.1, 0.15) is 37.9 Å². The molecule has 4 atom stereocenters. The Balaban J connectivity index is 1.78. The smallest absolute Gasteiger partial charge is 0.242 e. The molecule has 158 valence electrons. The van der Waals surface area contributed by atoms with Gasteiger partial charge >= 0.3 is 0 Å². The molecule has 0 radical (unpaired) electrons. The Kier molecular flexibility index (Phi) is 4.05. The van der Waals surface area contributed by atoms with Crippen molar-refractivity contribution in [3.05, 3.63) is 23.1 Å². The SMILES string of the molecule is CC[C@@H]1CN2c3c(cc4c(C)noc4c3F)CC3(C(=O)CC(=O)NC3=O)[C@H]2[C@H](C)O1. The number of carbonyl (C=O) groups is 3. The summed E-state index contributed by atoms with van der Waals surface area (Å²) in [5, 5.41) is 6.71. The average molecular weight is 415 g/mol. The van der Waals surface area contributed by atoms with Crippen LogP contribution in [0.15, 0.2) is 10.6 Å². The molecule has 2 saturated heterocycles. The van der Waals surface area contributed by atoms with Crippen LogP contribution in [0.3, 0.4) is 0 Å². The van der Waals surface area contributed by atoms with Gasteiger partial charge in [0.15, 0.2) is 11.6 Å². The predicted molar refractivity (Wildman–Crippen MR) is 103 cm³/mol. The maximum absolute atomic E-state index is 15.6. The highest BCUT2D eigenvalue weighted by Gasteiger charge is 2.62. The first kappa shape index (κ1) is 19.2. The number of aryl methyl sites for hydroxylation is 1. The first-order valence-electron chi connectivity index (χ1n) is 10.1. The van der Waals surface area contributed by atoms with Gasteiger partial charge in [-0.15, -0.1) is 0 Å². The number of amides is 2. The summed E-state index contributed by atoms with van der Waals surface area (Å²) in [4.78, 5) is 40.0. The van der Waals surface area contributed by atoms with Gasteiger partial charge in [-0.25, -0.2) is 4.39 Å². The predicted octanol–water partition coefficient (Wildman–Crippen LogP) is 1.81. The molecule has 9 heteroatoms. The number of rotatable bonds is 1. The zero-order valence-corrected chi connectivity index (χ0v) is 17.0. The second-order valence-electron chi connectivity index (χ2n) is 8.44. The molecule has 30 heavy (non-hydrogen) atoms. The van der Waals surface area contributed by atoms with Gasteiger partial charge in [-0.1, -0.05) is 12.1 Å². The first-order valence-corrected chi connectivity index (χ1v) is 10.1. The second-order valence-corrected chi connectivity index (χ2v) is 8.44. The van der Waals surface area contributed by atoms with Crippen LogP contribution in [0.5, 0.6) is 0 Å². The Hall–Kier alpha value is -2.81.